The molecular formula is C20H13Cl2I2N3O2. The first-order chi connectivity index (χ1) is 13.9. The minimum atomic E-state index is -0.298. The number of carbonyl (C=O) groups is 1. The molecule has 0 spiro atoms. The van der Waals surface area contributed by atoms with Gasteiger partial charge in [0.25, 0.3) is 5.91 Å². The molecule has 0 radical (unpaired) electrons. The summed E-state index contributed by atoms with van der Waals surface area (Å²) in [6.45, 7) is 0.331. The van der Waals surface area contributed by atoms with Crippen LogP contribution in [0.25, 0.3) is 0 Å². The average molecular weight is 652 g/mol. The SMILES string of the molecule is O=C(N/N=C\c1cc(I)c(OCc2ccc(Cl)cc2Cl)c(I)c1)c1ccncc1. The van der Waals surface area contributed by atoms with E-state index < -0.39 is 0 Å². The molecule has 3 rings (SSSR count). The first-order valence-corrected chi connectivity index (χ1v) is 11.1. The lowest BCUT2D eigenvalue weighted by atomic mass is 10.2. The van der Waals surface area contributed by atoms with E-state index >= 15 is 0 Å². The summed E-state index contributed by atoms with van der Waals surface area (Å²) in [5.41, 5.74) is 4.68. The maximum Gasteiger partial charge on any atom is 0.271 e. The summed E-state index contributed by atoms with van der Waals surface area (Å²) in [6.07, 6.45) is 4.70. The van der Waals surface area contributed by atoms with Crippen molar-refractivity contribution in [1.82, 2.24) is 10.4 Å². The van der Waals surface area contributed by atoms with E-state index in [1.54, 1.807) is 42.9 Å². The first kappa shape index (κ1) is 22.3. The van der Waals surface area contributed by atoms with Crippen molar-refractivity contribution in [3.05, 3.63) is 88.7 Å². The van der Waals surface area contributed by atoms with Crippen molar-refractivity contribution in [2.45, 2.75) is 6.61 Å². The number of rotatable bonds is 6. The molecule has 0 saturated carbocycles. The molecule has 1 aromatic heterocycles. The van der Waals surface area contributed by atoms with Crippen LogP contribution in [0, 0.1) is 7.14 Å². The van der Waals surface area contributed by atoms with Crippen LogP contribution >= 0.6 is 68.4 Å². The van der Waals surface area contributed by atoms with E-state index in [9.17, 15) is 4.79 Å². The van der Waals surface area contributed by atoms with E-state index in [1.165, 1.54) is 0 Å². The van der Waals surface area contributed by atoms with Crippen molar-refractivity contribution >= 4 is 80.5 Å². The number of ether oxygens (including phenoxy) is 1. The molecule has 1 N–H and O–H groups in total. The lowest BCUT2D eigenvalue weighted by molar-refractivity contribution is 0.0955. The second-order valence-electron chi connectivity index (χ2n) is 5.77. The van der Waals surface area contributed by atoms with Gasteiger partial charge in [-0.15, -0.1) is 0 Å². The number of hydrazone groups is 1. The number of amides is 1. The molecule has 9 heteroatoms. The van der Waals surface area contributed by atoms with Crippen molar-refractivity contribution in [1.29, 1.82) is 0 Å². The van der Waals surface area contributed by atoms with Crippen LogP contribution in [0.5, 0.6) is 5.75 Å². The molecule has 3 aromatic rings. The number of nitrogens with zero attached hydrogens (tertiary/aromatic N) is 2. The zero-order chi connectivity index (χ0) is 20.8. The lowest BCUT2D eigenvalue weighted by Crippen LogP contribution is -2.17. The summed E-state index contributed by atoms with van der Waals surface area (Å²) >= 11 is 16.5. The van der Waals surface area contributed by atoms with Crippen molar-refractivity contribution in [2.24, 2.45) is 5.10 Å². The Balaban J connectivity index is 1.66. The Kier molecular flexibility index (Phi) is 8.10. The van der Waals surface area contributed by atoms with Crippen LogP contribution in [-0.2, 0) is 6.61 Å². The number of pyridine rings is 1. The second-order valence-corrected chi connectivity index (χ2v) is 8.94. The Morgan fingerprint density at radius 3 is 2.45 bits per heavy atom. The quantitative estimate of drug-likeness (QED) is 0.204. The number of benzene rings is 2. The zero-order valence-electron chi connectivity index (χ0n) is 14.7. The Morgan fingerprint density at radius 2 is 1.79 bits per heavy atom. The van der Waals surface area contributed by atoms with Crippen LogP contribution in [0.1, 0.15) is 21.5 Å². The molecule has 0 aliphatic rings. The minimum Gasteiger partial charge on any atom is -0.487 e. The normalized spacial score (nSPS) is 10.9. The third kappa shape index (κ3) is 6.27. The molecule has 0 atom stereocenters. The molecule has 0 bridgehead atoms. The number of hydrogen-bond donors (Lipinski definition) is 1. The van der Waals surface area contributed by atoms with Crippen LogP contribution in [0.4, 0.5) is 0 Å². The summed E-state index contributed by atoms with van der Waals surface area (Å²) in [5, 5.41) is 5.17. The molecule has 0 saturated heterocycles. The van der Waals surface area contributed by atoms with Gasteiger partial charge in [0.1, 0.15) is 12.4 Å². The highest BCUT2D eigenvalue weighted by atomic mass is 127. The summed E-state index contributed by atoms with van der Waals surface area (Å²) in [4.78, 5) is 15.9. The van der Waals surface area contributed by atoms with Gasteiger partial charge < -0.3 is 4.74 Å². The first-order valence-electron chi connectivity index (χ1n) is 8.23. The van der Waals surface area contributed by atoms with Crippen molar-refractivity contribution in [2.75, 3.05) is 0 Å². The van der Waals surface area contributed by atoms with Crippen LogP contribution < -0.4 is 10.2 Å². The van der Waals surface area contributed by atoms with Gasteiger partial charge in [-0.2, -0.15) is 5.10 Å². The molecule has 5 nitrogen and oxygen atoms in total. The molecule has 2 aromatic carbocycles. The molecule has 0 unspecified atom stereocenters. The van der Waals surface area contributed by atoms with Gasteiger partial charge in [0.2, 0.25) is 0 Å². The fraction of sp³-hybridized carbons (Fsp3) is 0.0500. The summed E-state index contributed by atoms with van der Waals surface area (Å²) < 4.78 is 7.80. The molecule has 0 fully saturated rings. The zero-order valence-corrected chi connectivity index (χ0v) is 20.5. The van der Waals surface area contributed by atoms with Gasteiger partial charge in [-0.1, -0.05) is 29.3 Å². The molecule has 0 aliphatic heterocycles. The monoisotopic (exact) mass is 651 g/mol. The topological polar surface area (TPSA) is 63.6 Å². The van der Waals surface area contributed by atoms with Gasteiger partial charge in [0.05, 0.1) is 13.4 Å². The third-order valence-electron chi connectivity index (χ3n) is 3.73. The summed E-state index contributed by atoms with van der Waals surface area (Å²) in [6, 6.07) is 12.4. The molecule has 1 heterocycles. The van der Waals surface area contributed by atoms with Crippen molar-refractivity contribution in [3.63, 3.8) is 0 Å². The number of hydrogen-bond acceptors (Lipinski definition) is 4. The maximum absolute atomic E-state index is 12.0. The number of halogens is 4. The highest BCUT2D eigenvalue weighted by molar-refractivity contribution is 14.1. The van der Waals surface area contributed by atoms with E-state index in [-0.39, 0.29) is 5.91 Å². The standard InChI is InChI=1S/C20H13Cl2I2N3O2/c21-15-2-1-14(16(22)9-15)11-29-19-17(23)7-12(8-18(19)24)10-26-27-20(28)13-3-5-25-6-4-13/h1-10H,11H2,(H,27,28)/b26-10-. The van der Waals surface area contributed by atoms with Crippen LogP contribution in [0.3, 0.4) is 0 Å². The van der Waals surface area contributed by atoms with Crippen molar-refractivity contribution in [3.8, 4) is 5.75 Å². The Labute approximate surface area is 205 Å². The Hall–Kier alpha value is -1.43. The van der Waals surface area contributed by atoms with Gasteiger partial charge in [0, 0.05) is 33.6 Å². The fourth-order valence-electron chi connectivity index (χ4n) is 2.31. The Bertz CT molecular complexity index is 1040. The lowest BCUT2D eigenvalue weighted by Gasteiger charge is -2.12. The fourth-order valence-corrected chi connectivity index (χ4v) is 4.90. The summed E-state index contributed by atoms with van der Waals surface area (Å²) in [5.74, 6) is 0.461. The number of carbonyl (C=O) groups excluding carboxylic acids is 1. The Morgan fingerprint density at radius 1 is 1.10 bits per heavy atom. The molecule has 0 aliphatic carbocycles. The van der Waals surface area contributed by atoms with E-state index in [1.807, 2.05) is 18.2 Å². The van der Waals surface area contributed by atoms with Crippen LogP contribution in [0.2, 0.25) is 10.0 Å². The smallest absolute Gasteiger partial charge is 0.271 e. The molecular weight excluding hydrogens is 639 g/mol. The minimum absolute atomic E-state index is 0.298. The van der Waals surface area contributed by atoms with E-state index in [4.69, 9.17) is 27.9 Å². The van der Waals surface area contributed by atoms with E-state index in [0.29, 0.717) is 22.2 Å². The van der Waals surface area contributed by atoms with Gasteiger partial charge in [0.15, 0.2) is 0 Å². The highest BCUT2D eigenvalue weighted by Gasteiger charge is 2.10. The highest BCUT2D eigenvalue weighted by Crippen LogP contribution is 2.30. The van der Waals surface area contributed by atoms with Crippen molar-refractivity contribution < 1.29 is 9.53 Å². The predicted molar refractivity (Wildman–Crippen MR) is 132 cm³/mol. The molecule has 148 valence electrons. The van der Waals surface area contributed by atoms with E-state index in [0.717, 1.165) is 24.0 Å². The maximum atomic E-state index is 12.0. The predicted octanol–water partition coefficient (Wildman–Crippen LogP) is 5.94. The largest absolute Gasteiger partial charge is 0.487 e. The molecule has 1 amide bonds. The van der Waals surface area contributed by atoms with E-state index in [2.05, 4.69) is 60.7 Å². The second kappa shape index (κ2) is 10.6. The van der Waals surface area contributed by atoms with Gasteiger partial charge in [-0.25, -0.2) is 5.43 Å². The van der Waals surface area contributed by atoms with Gasteiger partial charge in [-0.3, -0.25) is 9.78 Å². The number of aromatic nitrogens is 1. The average Bonchev–Trinajstić information content (AvgIpc) is 2.69. The third-order valence-corrected chi connectivity index (χ3v) is 5.92. The summed E-state index contributed by atoms with van der Waals surface area (Å²) in [7, 11) is 0. The van der Waals surface area contributed by atoms with Gasteiger partial charge in [-0.05, 0) is 87.1 Å². The molecule has 29 heavy (non-hydrogen) atoms. The van der Waals surface area contributed by atoms with Crippen LogP contribution in [0.15, 0.2) is 60.0 Å². The number of nitrogens with one attached hydrogen (secondary N) is 1. The van der Waals surface area contributed by atoms with Crippen LogP contribution in [-0.4, -0.2) is 17.1 Å². The van der Waals surface area contributed by atoms with Gasteiger partial charge >= 0.3 is 0 Å².